The van der Waals surface area contributed by atoms with Crippen molar-refractivity contribution >= 4 is 28.5 Å². The number of esters is 1. The lowest BCUT2D eigenvalue weighted by Crippen LogP contribution is -2.10. The number of thioether (sulfide) groups is 1. The minimum absolute atomic E-state index is 0.307. The second-order valence-electron chi connectivity index (χ2n) is 4.90. The standard InChI is InChI=1S/C18H16N2O2S/c1-3-22-17(21)16-15(11-19-18(20-16)23-2)14-9-8-12-6-4-5-7-13(12)10-14/h4-11H,3H2,1-2H3. The molecule has 0 aliphatic carbocycles. The van der Waals surface area contributed by atoms with Crippen LogP contribution in [0.5, 0.6) is 0 Å². The zero-order valence-electron chi connectivity index (χ0n) is 12.9. The summed E-state index contributed by atoms with van der Waals surface area (Å²) in [6.07, 6.45) is 3.56. The van der Waals surface area contributed by atoms with Gasteiger partial charge in [0.05, 0.1) is 6.61 Å². The van der Waals surface area contributed by atoms with E-state index >= 15 is 0 Å². The van der Waals surface area contributed by atoms with E-state index in [1.165, 1.54) is 11.8 Å². The van der Waals surface area contributed by atoms with Crippen LogP contribution in [0.1, 0.15) is 17.4 Å². The van der Waals surface area contributed by atoms with E-state index in [-0.39, 0.29) is 0 Å². The van der Waals surface area contributed by atoms with Gasteiger partial charge in [0.1, 0.15) is 0 Å². The number of carbonyl (C=O) groups is 1. The van der Waals surface area contributed by atoms with Crippen molar-refractivity contribution in [2.75, 3.05) is 12.9 Å². The summed E-state index contributed by atoms with van der Waals surface area (Å²) in [7, 11) is 0. The third-order valence-corrected chi connectivity index (χ3v) is 4.04. The molecule has 3 rings (SSSR count). The maximum absolute atomic E-state index is 12.2. The summed E-state index contributed by atoms with van der Waals surface area (Å²) in [5.41, 5.74) is 1.90. The van der Waals surface area contributed by atoms with Gasteiger partial charge in [-0.1, -0.05) is 48.2 Å². The molecule has 5 heteroatoms. The Balaban J connectivity index is 2.14. The fourth-order valence-corrected chi connectivity index (χ4v) is 2.73. The van der Waals surface area contributed by atoms with Gasteiger partial charge < -0.3 is 4.74 Å². The van der Waals surface area contributed by atoms with Crippen molar-refractivity contribution in [1.82, 2.24) is 9.97 Å². The minimum atomic E-state index is -0.423. The van der Waals surface area contributed by atoms with Gasteiger partial charge in [0.15, 0.2) is 10.9 Å². The molecule has 4 nitrogen and oxygen atoms in total. The smallest absolute Gasteiger partial charge is 0.357 e. The van der Waals surface area contributed by atoms with Gasteiger partial charge in [0.2, 0.25) is 0 Å². The highest BCUT2D eigenvalue weighted by Gasteiger charge is 2.18. The Morgan fingerprint density at radius 2 is 1.96 bits per heavy atom. The molecule has 0 saturated heterocycles. The van der Waals surface area contributed by atoms with Crippen molar-refractivity contribution in [2.24, 2.45) is 0 Å². The second kappa shape index (κ2) is 6.79. The Kier molecular flexibility index (Phi) is 4.57. The largest absolute Gasteiger partial charge is 0.461 e. The van der Waals surface area contributed by atoms with E-state index in [4.69, 9.17) is 4.74 Å². The summed E-state index contributed by atoms with van der Waals surface area (Å²) in [6, 6.07) is 14.1. The van der Waals surface area contributed by atoms with Crippen LogP contribution in [0.2, 0.25) is 0 Å². The molecule has 0 radical (unpaired) electrons. The lowest BCUT2D eigenvalue weighted by Gasteiger charge is -2.10. The highest BCUT2D eigenvalue weighted by atomic mass is 32.2. The van der Waals surface area contributed by atoms with Gasteiger partial charge in [-0.05, 0) is 35.6 Å². The van der Waals surface area contributed by atoms with Crippen LogP contribution in [0.25, 0.3) is 21.9 Å². The number of aromatic nitrogens is 2. The predicted octanol–water partition coefficient (Wildman–Crippen LogP) is 4.20. The topological polar surface area (TPSA) is 52.1 Å². The normalized spacial score (nSPS) is 10.7. The summed E-state index contributed by atoms with van der Waals surface area (Å²) < 4.78 is 5.14. The lowest BCUT2D eigenvalue weighted by atomic mass is 10.0. The van der Waals surface area contributed by atoms with E-state index in [2.05, 4.69) is 16.0 Å². The molecule has 1 heterocycles. The first kappa shape index (κ1) is 15.5. The zero-order chi connectivity index (χ0) is 16.2. The van der Waals surface area contributed by atoms with Crippen molar-refractivity contribution < 1.29 is 9.53 Å². The molecule has 0 saturated carbocycles. The molecular weight excluding hydrogens is 308 g/mol. The molecule has 0 atom stereocenters. The number of fused-ring (bicyclic) bond motifs is 1. The molecule has 0 spiro atoms. The van der Waals surface area contributed by atoms with Gasteiger partial charge in [-0.2, -0.15) is 0 Å². The number of hydrogen-bond acceptors (Lipinski definition) is 5. The summed E-state index contributed by atoms with van der Waals surface area (Å²) in [4.78, 5) is 20.9. The first-order valence-electron chi connectivity index (χ1n) is 7.30. The summed E-state index contributed by atoms with van der Waals surface area (Å²) in [5.74, 6) is -0.423. The van der Waals surface area contributed by atoms with Crippen LogP contribution in [-0.4, -0.2) is 28.8 Å². The number of carbonyl (C=O) groups excluding carboxylic acids is 1. The summed E-state index contributed by atoms with van der Waals surface area (Å²) >= 11 is 1.39. The van der Waals surface area contributed by atoms with Gasteiger partial charge in [-0.3, -0.25) is 0 Å². The van der Waals surface area contributed by atoms with Crippen molar-refractivity contribution in [2.45, 2.75) is 12.1 Å². The third-order valence-electron chi connectivity index (χ3n) is 3.48. The summed E-state index contributed by atoms with van der Waals surface area (Å²) in [6.45, 7) is 2.10. The van der Waals surface area contributed by atoms with E-state index in [1.807, 2.05) is 42.7 Å². The number of nitrogens with zero attached hydrogens (tertiary/aromatic N) is 2. The van der Waals surface area contributed by atoms with E-state index in [0.29, 0.717) is 23.0 Å². The molecular formula is C18H16N2O2S. The minimum Gasteiger partial charge on any atom is -0.461 e. The van der Waals surface area contributed by atoms with Gasteiger partial charge in [0.25, 0.3) is 0 Å². The molecule has 3 aromatic rings. The maximum atomic E-state index is 12.2. The van der Waals surface area contributed by atoms with Crippen LogP contribution in [-0.2, 0) is 4.74 Å². The van der Waals surface area contributed by atoms with E-state index in [9.17, 15) is 4.79 Å². The van der Waals surface area contributed by atoms with Gasteiger partial charge in [-0.15, -0.1) is 0 Å². The maximum Gasteiger partial charge on any atom is 0.357 e. The monoisotopic (exact) mass is 324 g/mol. The SMILES string of the molecule is CCOC(=O)c1nc(SC)ncc1-c1ccc2ccccc2c1. The molecule has 0 N–H and O–H groups in total. The molecule has 116 valence electrons. The molecule has 0 unspecified atom stereocenters. The van der Waals surface area contributed by atoms with Gasteiger partial charge in [-0.25, -0.2) is 14.8 Å². The van der Waals surface area contributed by atoms with Gasteiger partial charge >= 0.3 is 5.97 Å². The van der Waals surface area contributed by atoms with E-state index < -0.39 is 5.97 Å². The molecule has 0 aliphatic heterocycles. The van der Waals surface area contributed by atoms with Crippen LogP contribution in [0, 0.1) is 0 Å². The van der Waals surface area contributed by atoms with E-state index in [1.54, 1.807) is 13.1 Å². The predicted molar refractivity (Wildman–Crippen MR) is 92.7 cm³/mol. The quantitative estimate of drug-likeness (QED) is 0.409. The van der Waals surface area contributed by atoms with Crippen LogP contribution in [0.15, 0.2) is 53.8 Å². The average molecular weight is 324 g/mol. The van der Waals surface area contributed by atoms with E-state index in [0.717, 1.165) is 16.3 Å². The number of rotatable bonds is 4. The van der Waals surface area contributed by atoms with Crippen molar-refractivity contribution in [1.29, 1.82) is 0 Å². The van der Waals surface area contributed by atoms with Crippen molar-refractivity contribution in [3.63, 3.8) is 0 Å². The van der Waals surface area contributed by atoms with Crippen LogP contribution in [0.4, 0.5) is 0 Å². The van der Waals surface area contributed by atoms with Crippen molar-refractivity contribution in [3.05, 3.63) is 54.4 Å². The highest BCUT2D eigenvalue weighted by Crippen LogP contribution is 2.27. The third kappa shape index (κ3) is 3.19. The lowest BCUT2D eigenvalue weighted by molar-refractivity contribution is 0.0519. The molecule has 0 aliphatic rings. The molecule has 0 amide bonds. The second-order valence-corrected chi connectivity index (χ2v) is 5.67. The molecule has 0 fully saturated rings. The first-order chi connectivity index (χ1) is 11.2. The first-order valence-corrected chi connectivity index (χ1v) is 8.52. The van der Waals surface area contributed by atoms with Gasteiger partial charge in [0, 0.05) is 11.8 Å². The van der Waals surface area contributed by atoms with Crippen LogP contribution < -0.4 is 0 Å². The summed E-state index contributed by atoms with van der Waals surface area (Å²) in [5, 5.41) is 2.81. The Hall–Kier alpha value is -2.40. The fourth-order valence-electron chi connectivity index (χ4n) is 2.39. The Morgan fingerprint density at radius 1 is 1.17 bits per heavy atom. The Labute approximate surface area is 138 Å². The zero-order valence-corrected chi connectivity index (χ0v) is 13.8. The molecule has 23 heavy (non-hydrogen) atoms. The van der Waals surface area contributed by atoms with Crippen LogP contribution in [0.3, 0.4) is 0 Å². The highest BCUT2D eigenvalue weighted by molar-refractivity contribution is 7.98. The number of ether oxygens (including phenoxy) is 1. The Morgan fingerprint density at radius 3 is 2.70 bits per heavy atom. The van der Waals surface area contributed by atoms with Crippen LogP contribution >= 0.6 is 11.8 Å². The molecule has 2 aromatic carbocycles. The number of benzene rings is 2. The van der Waals surface area contributed by atoms with Crippen molar-refractivity contribution in [3.8, 4) is 11.1 Å². The number of hydrogen-bond donors (Lipinski definition) is 0. The fraction of sp³-hybridized carbons (Fsp3) is 0.167. The molecule has 1 aromatic heterocycles. The Bertz CT molecular complexity index is 865. The average Bonchev–Trinajstić information content (AvgIpc) is 2.61. The molecule has 0 bridgehead atoms.